The van der Waals surface area contributed by atoms with E-state index in [9.17, 15) is 4.79 Å². The number of halogens is 1. The van der Waals surface area contributed by atoms with E-state index < -0.39 is 5.41 Å². The lowest BCUT2D eigenvalue weighted by molar-refractivity contribution is -0.148. The Balaban J connectivity index is 2.28. The number of esters is 1. The number of carbonyl (C=O) groups excluding carboxylic acids is 1. The molecule has 0 aliphatic heterocycles. The third-order valence-electron chi connectivity index (χ3n) is 2.71. The fourth-order valence-electron chi connectivity index (χ4n) is 1.52. The topological polar surface area (TPSA) is 52.3 Å². The van der Waals surface area contributed by atoms with Gasteiger partial charge in [0.15, 0.2) is 15.4 Å². The Morgan fingerprint density at radius 1 is 1.53 bits per heavy atom. The van der Waals surface area contributed by atoms with E-state index in [1.54, 1.807) is 6.92 Å². The molecule has 0 saturated carbocycles. The van der Waals surface area contributed by atoms with E-state index in [1.807, 2.05) is 31.4 Å². The van der Waals surface area contributed by atoms with Crippen molar-refractivity contribution in [3.8, 4) is 10.8 Å². The summed E-state index contributed by atoms with van der Waals surface area (Å²) in [6, 6.07) is 3.65. The lowest BCUT2D eigenvalue weighted by atomic mass is 9.90. The molecular formula is C13H14BrNO3S. The van der Waals surface area contributed by atoms with Crippen molar-refractivity contribution in [2.45, 2.75) is 26.2 Å². The molecule has 0 bridgehead atoms. The maximum atomic E-state index is 11.9. The number of ether oxygens (including phenoxy) is 1. The lowest BCUT2D eigenvalue weighted by Gasteiger charge is -2.19. The molecule has 0 aliphatic carbocycles. The molecule has 0 spiro atoms. The van der Waals surface area contributed by atoms with Gasteiger partial charge in [0, 0.05) is 5.38 Å². The zero-order chi connectivity index (χ0) is 14.0. The predicted octanol–water partition coefficient (Wildman–Crippen LogP) is 4.01. The molecule has 2 aromatic rings. The molecule has 0 radical (unpaired) electrons. The summed E-state index contributed by atoms with van der Waals surface area (Å²) in [5.74, 6) is 0.412. The first-order valence-corrected chi connectivity index (χ1v) is 7.51. The second-order valence-electron chi connectivity index (χ2n) is 4.49. The quantitative estimate of drug-likeness (QED) is 0.787. The predicted molar refractivity (Wildman–Crippen MR) is 77.2 cm³/mol. The van der Waals surface area contributed by atoms with Gasteiger partial charge >= 0.3 is 5.97 Å². The molecule has 102 valence electrons. The minimum atomic E-state index is -0.755. The number of furan rings is 1. The molecular weight excluding hydrogens is 330 g/mol. The molecule has 0 aliphatic rings. The summed E-state index contributed by atoms with van der Waals surface area (Å²) in [7, 11) is 0. The van der Waals surface area contributed by atoms with Gasteiger partial charge in [0.25, 0.3) is 0 Å². The van der Waals surface area contributed by atoms with E-state index in [0.29, 0.717) is 22.7 Å². The van der Waals surface area contributed by atoms with Crippen molar-refractivity contribution in [2.75, 3.05) is 6.61 Å². The number of hydrogen-bond donors (Lipinski definition) is 0. The monoisotopic (exact) mass is 343 g/mol. The summed E-state index contributed by atoms with van der Waals surface area (Å²) in [6.45, 7) is 5.77. The summed E-state index contributed by atoms with van der Waals surface area (Å²) in [5.41, 5.74) is -0.0623. The minimum Gasteiger partial charge on any atom is -0.465 e. The fraction of sp³-hybridized carbons (Fsp3) is 0.385. The molecule has 0 N–H and O–H groups in total. The highest BCUT2D eigenvalue weighted by Crippen LogP contribution is 2.32. The Kier molecular flexibility index (Phi) is 4.10. The SMILES string of the molecule is CCOC(=O)C(C)(C)c1csc(-c2ccc(Br)o2)n1. The van der Waals surface area contributed by atoms with Gasteiger partial charge in [-0.3, -0.25) is 4.79 Å². The number of carbonyl (C=O) groups is 1. The average Bonchev–Trinajstić information content (AvgIpc) is 2.97. The van der Waals surface area contributed by atoms with E-state index in [0.717, 1.165) is 5.01 Å². The van der Waals surface area contributed by atoms with Crippen molar-refractivity contribution in [3.05, 3.63) is 27.9 Å². The van der Waals surface area contributed by atoms with E-state index in [4.69, 9.17) is 9.15 Å². The number of hydrogen-bond acceptors (Lipinski definition) is 5. The molecule has 6 heteroatoms. The number of aromatic nitrogens is 1. The van der Waals surface area contributed by atoms with Crippen molar-refractivity contribution in [2.24, 2.45) is 0 Å². The molecule has 0 unspecified atom stereocenters. The Bertz CT molecular complexity index is 588. The molecule has 4 nitrogen and oxygen atoms in total. The van der Waals surface area contributed by atoms with Gasteiger partial charge in [0.2, 0.25) is 0 Å². The highest BCUT2D eigenvalue weighted by molar-refractivity contribution is 9.10. The van der Waals surface area contributed by atoms with Crippen molar-refractivity contribution in [3.63, 3.8) is 0 Å². The van der Waals surface area contributed by atoms with E-state index in [-0.39, 0.29) is 5.97 Å². The van der Waals surface area contributed by atoms with Gasteiger partial charge in [0.1, 0.15) is 5.41 Å². The summed E-state index contributed by atoms with van der Waals surface area (Å²) < 4.78 is 11.2. The third kappa shape index (κ3) is 2.90. The number of thiazole rings is 1. The summed E-state index contributed by atoms with van der Waals surface area (Å²) in [6.07, 6.45) is 0. The molecule has 2 aromatic heterocycles. The van der Waals surface area contributed by atoms with Crippen LogP contribution in [0.3, 0.4) is 0 Å². The molecule has 2 rings (SSSR count). The maximum Gasteiger partial charge on any atom is 0.317 e. The van der Waals surface area contributed by atoms with Gasteiger partial charge < -0.3 is 9.15 Å². The van der Waals surface area contributed by atoms with Crippen LogP contribution in [0.5, 0.6) is 0 Å². The third-order valence-corrected chi connectivity index (χ3v) is 4.00. The van der Waals surface area contributed by atoms with Gasteiger partial charge in [-0.25, -0.2) is 4.98 Å². The molecule has 0 atom stereocenters. The normalized spacial score (nSPS) is 11.6. The van der Waals surface area contributed by atoms with E-state index in [2.05, 4.69) is 20.9 Å². The largest absolute Gasteiger partial charge is 0.465 e. The highest BCUT2D eigenvalue weighted by Gasteiger charge is 2.34. The van der Waals surface area contributed by atoms with Crippen LogP contribution in [-0.2, 0) is 14.9 Å². The van der Waals surface area contributed by atoms with Gasteiger partial charge in [-0.2, -0.15) is 0 Å². The van der Waals surface area contributed by atoms with Crippen LogP contribution >= 0.6 is 27.3 Å². The number of nitrogens with zero attached hydrogens (tertiary/aromatic N) is 1. The summed E-state index contributed by atoms with van der Waals surface area (Å²) >= 11 is 4.70. The van der Waals surface area contributed by atoms with Gasteiger partial charge in [-0.1, -0.05) is 0 Å². The van der Waals surface area contributed by atoms with Crippen LogP contribution in [0.15, 0.2) is 26.6 Å². The molecule has 0 saturated heterocycles. The van der Waals surface area contributed by atoms with Crippen LogP contribution in [-0.4, -0.2) is 17.6 Å². The first-order valence-electron chi connectivity index (χ1n) is 5.84. The van der Waals surface area contributed by atoms with Crippen molar-refractivity contribution >= 4 is 33.2 Å². The summed E-state index contributed by atoms with van der Waals surface area (Å²) in [4.78, 5) is 16.4. The Morgan fingerprint density at radius 2 is 2.26 bits per heavy atom. The van der Waals surface area contributed by atoms with Crippen LogP contribution in [0, 0.1) is 0 Å². The van der Waals surface area contributed by atoms with Crippen molar-refractivity contribution in [1.29, 1.82) is 0 Å². The highest BCUT2D eigenvalue weighted by atomic mass is 79.9. The maximum absolute atomic E-state index is 11.9. The first kappa shape index (κ1) is 14.3. The van der Waals surface area contributed by atoms with Crippen LogP contribution < -0.4 is 0 Å². The van der Waals surface area contributed by atoms with E-state index in [1.165, 1.54) is 11.3 Å². The smallest absolute Gasteiger partial charge is 0.317 e. The van der Waals surface area contributed by atoms with Gasteiger partial charge in [-0.05, 0) is 48.8 Å². The fourth-order valence-corrected chi connectivity index (χ4v) is 2.77. The van der Waals surface area contributed by atoms with Crippen LogP contribution in [0.1, 0.15) is 26.5 Å². The first-order chi connectivity index (χ1) is 8.95. The Hall–Kier alpha value is -1.14. The van der Waals surface area contributed by atoms with E-state index >= 15 is 0 Å². The van der Waals surface area contributed by atoms with Gasteiger partial charge in [0.05, 0.1) is 12.3 Å². The van der Waals surface area contributed by atoms with Crippen LogP contribution in [0.2, 0.25) is 0 Å². The van der Waals surface area contributed by atoms with Crippen molar-refractivity contribution in [1.82, 2.24) is 4.98 Å². The van der Waals surface area contributed by atoms with Gasteiger partial charge in [-0.15, -0.1) is 11.3 Å². The lowest BCUT2D eigenvalue weighted by Crippen LogP contribution is -2.31. The molecule has 2 heterocycles. The average molecular weight is 344 g/mol. The Morgan fingerprint density at radius 3 is 2.84 bits per heavy atom. The van der Waals surface area contributed by atoms with Crippen LogP contribution in [0.25, 0.3) is 10.8 Å². The molecule has 0 amide bonds. The van der Waals surface area contributed by atoms with Crippen molar-refractivity contribution < 1.29 is 13.9 Å². The second kappa shape index (κ2) is 5.46. The van der Waals surface area contributed by atoms with Crippen LogP contribution in [0.4, 0.5) is 0 Å². The second-order valence-corrected chi connectivity index (χ2v) is 6.13. The molecule has 0 fully saturated rings. The Labute approximate surface area is 123 Å². The molecule has 19 heavy (non-hydrogen) atoms. The standard InChI is InChI=1S/C13H14BrNO3S/c1-4-17-12(16)13(2,3)9-7-19-11(15-9)8-5-6-10(14)18-8/h5-7H,4H2,1-3H3. The zero-order valence-electron chi connectivity index (χ0n) is 10.9. The zero-order valence-corrected chi connectivity index (χ0v) is 13.3. The summed E-state index contributed by atoms with van der Waals surface area (Å²) in [5, 5.41) is 2.61. The minimum absolute atomic E-state index is 0.271. The number of rotatable bonds is 4. The molecule has 0 aromatic carbocycles.